The van der Waals surface area contributed by atoms with Crippen molar-refractivity contribution in [3.63, 3.8) is 0 Å². The number of alkyl halides is 3. The van der Waals surface area contributed by atoms with Gasteiger partial charge in [-0.3, -0.25) is 24.1 Å². The molecular formula is C38H43F4N4O8P. The minimum atomic E-state index is -4.48. The number of hydrogen-bond donors (Lipinski definition) is 4. The Morgan fingerprint density at radius 3 is 2.20 bits per heavy atom. The fourth-order valence-corrected chi connectivity index (χ4v) is 5.25. The lowest BCUT2D eigenvalue weighted by Crippen LogP contribution is -2.50. The Kier molecular flexibility index (Phi) is 19.0. The number of amides is 3. The van der Waals surface area contributed by atoms with Gasteiger partial charge in [-0.2, -0.15) is 13.2 Å². The maximum absolute atomic E-state index is 15.5. The van der Waals surface area contributed by atoms with Crippen LogP contribution in [0.25, 0.3) is 0 Å². The molecule has 55 heavy (non-hydrogen) atoms. The third-order valence-electron chi connectivity index (χ3n) is 7.92. The fourth-order valence-electron chi connectivity index (χ4n) is 4.94. The Labute approximate surface area is 317 Å². The number of nitrogens with one attached hydrogen (secondary N) is 1. The van der Waals surface area contributed by atoms with Crippen LogP contribution in [0.5, 0.6) is 5.75 Å². The van der Waals surface area contributed by atoms with E-state index in [1.54, 1.807) is 37.3 Å². The van der Waals surface area contributed by atoms with Gasteiger partial charge in [-0.05, 0) is 42.5 Å². The molecule has 0 spiro atoms. The van der Waals surface area contributed by atoms with E-state index in [9.17, 15) is 27.6 Å². The standard InChI is InChI=1S/C31H30F4N3O7P.C4H8.C2H2.CH3NO/c1-2-20(15-16-31(33,34)35)29(40)37-28-30(41)38(18-44-25(39)17-19-11-13-22(14-12-19)45-46(42)43)27-23(9-6-10-24(27)32)26(36-28)21-7-4-3-5-8-21;1-4-2-3-4;1-2;2-1-3/h3-14,20,28,42-43H,2,15-18H2,1H3,(H,37,40);4H,2-3H2,1H3;1-2H;1H,(H2,2,3)/t20-,28+;;;/m0.../s1. The highest BCUT2D eigenvalue weighted by Crippen LogP contribution is 2.32. The number of rotatable bonds is 12. The predicted molar refractivity (Wildman–Crippen MR) is 199 cm³/mol. The van der Waals surface area contributed by atoms with Gasteiger partial charge in [0.05, 0.1) is 17.8 Å². The number of halogens is 4. The van der Waals surface area contributed by atoms with Gasteiger partial charge in [0.15, 0.2) is 6.73 Å². The number of carbonyl (C=O) groups is 4. The van der Waals surface area contributed by atoms with Gasteiger partial charge in [-0.25, -0.2) is 9.38 Å². The van der Waals surface area contributed by atoms with Gasteiger partial charge >= 0.3 is 20.7 Å². The number of nitrogens with two attached hydrogens (primary N) is 1. The summed E-state index contributed by atoms with van der Waals surface area (Å²) in [6, 6.07) is 18.2. The van der Waals surface area contributed by atoms with Crippen LogP contribution in [0.15, 0.2) is 77.8 Å². The summed E-state index contributed by atoms with van der Waals surface area (Å²) in [7, 11) is -2.63. The molecule has 12 nitrogen and oxygen atoms in total. The fraction of sp³-hybridized carbons (Fsp3) is 0.342. The van der Waals surface area contributed by atoms with Crippen LogP contribution in [0.1, 0.15) is 62.6 Å². The lowest BCUT2D eigenvalue weighted by atomic mass is 9.99. The third kappa shape index (κ3) is 15.5. The summed E-state index contributed by atoms with van der Waals surface area (Å²) in [6.45, 7) is 3.05. The van der Waals surface area contributed by atoms with Crippen molar-refractivity contribution >= 4 is 44.2 Å². The molecule has 1 aliphatic carbocycles. The quantitative estimate of drug-likeness (QED) is 0.0574. The molecule has 0 radical (unpaired) electrons. The van der Waals surface area contributed by atoms with E-state index in [0.29, 0.717) is 11.1 Å². The van der Waals surface area contributed by atoms with E-state index in [0.717, 1.165) is 16.9 Å². The molecule has 296 valence electrons. The number of carbonyl (C=O) groups excluding carboxylic acids is 4. The van der Waals surface area contributed by atoms with E-state index in [-0.39, 0.29) is 42.0 Å². The molecule has 5 N–H and O–H groups in total. The molecule has 17 heteroatoms. The first-order chi connectivity index (χ1) is 26.2. The summed E-state index contributed by atoms with van der Waals surface area (Å²) in [5, 5.41) is 2.43. The Balaban J connectivity index is 0.00000104. The number of nitrogens with zero attached hydrogens (tertiary/aromatic N) is 2. The van der Waals surface area contributed by atoms with Gasteiger partial charge < -0.3 is 30.1 Å². The van der Waals surface area contributed by atoms with Crippen molar-refractivity contribution in [3.8, 4) is 18.6 Å². The molecule has 2 atom stereocenters. The number of primary amides is 1. The van der Waals surface area contributed by atoms with Crippen LogP contribution in [0.4, 0.5) is 23.2 Å². The van der Waals surface area contributed by atoms with Gasteiger partial charge in [0.25, 0.3) is 5.91 Å². The number of esters is 1. The number of benzodiazepines with no additional fused rings is 1. The normalized spacial score (nSPS) is 15.1. The van der Waals surface area contributed by atoms with Crippen molar-refractivity contribution in [2.45, 2.75) is 64.7 Å². The molecule has 1 saturated carbocycles. The number of para-hydroxylation sites is 1. The Morgan fingerprint density at radius 2 is 1.67 bits per heavy atom. The second-order valence-corrected chi connectivity index (χ2v) is 12.7. The number of anilines is 1. The molecule has 0 unspecified atom stereocenters. The van der Waals surface area contributed by atoms with Gasteiger partial charge in [0.1, 0.15) is 11.6 Å². The van der Waals surface area contributed by atoms with Crippen LogP contribution in [-0.4, -0.2) is 58.8 Å². The minimum absolute atomic E-state index is 0.0584. The van der Waals surface area contributed by atoms with Crippen molar-refractivity contribution < 1.29 is 55.8 Å². The zero-order valence-corrected chi connectivity index (χ0v) is 31.0. The lowest BCUT2D eigenvalue weighted by Gasteiger charge is -2.26. The van der Waals surface area contributed by atoms with Crippen molar-refractivity contribution in [2.24, 2.45) is 22.6 Å². The van der Waals surface area contributed by atoms with Crippen molar-refractivity contribution in [3.05, 3.63) is 95.3 Å². The number of hydrogen-bond acceptors (Lipinski definition) is 9. The molecule has 3 amide bonds. The summed E-state index contributed by atoms with van der Waals surface area (Å²) >= 11 is 0. The minimum Gasteiger partial charge on any atom is -0.444 e. The third-order valence-corrected chi connectivity index (χ3v) is 8.29. The second kappa shape index (κ2) is 22.8. The van der Waals surface area contributed by atoms with Crippen molar-refractivity contribution in [1.82, 2.24) is 5.32 Å². The van der Waals surface area contributed by atoms with E-state index in [1.807, 2.05) is 0 Å². The molecule has 0 saturated heterocycles. The zero-order chi connectivity index (χ0) is 41.1. The number of ether oxygens (including phenoxy) is 1. The van der Waals surface area contributed by atoms with Crippen LogP contribution in [-0.2, 0) is 30.3 Å². The average Bonchev–Trinajstić information content (AvgIpc) is 3.95. The van der Waals surface area contributed by atoms with Crippen LogP contribution in [0.2, 0.25) is 0 Å². The second-order valence-electron chi connectivity index (χ2n) is 12.0. The topological polar surface area (TPSA) is 181 Å². The van der Waals surface area contributed by atoms with E-state index in [2.05, 4.69) is 35.8 Å². The van der Waals surface area contributed by atoms with Crippen molar-refractivity contribution in [1.29, 1.82) is 0 Å². The van der Waals surface area contributed by atoms with Gasteiger partial charge in [0.2, 0.25) is 18.5 Å². The molecule has 5 rings (SSSR count). The summed E-state index contributed by atoms with van der Waals surface area (Å²) in [5.41, 5.74) is 5.10. The predicted octanol–water partition coefficient (Wildman–Crippen LogP) is 5.92. The number of terminal acetylenes is 1. The molecule has 3 aromatic carbocycles. The summed E-state index contributed by atoms with van der Waals surface area (Å²) < 4.78 is 64.4. The SMILES string of the molecule is C#C.CC1CC1.CC[C@@H](CCC(F)(F)F)C(=O)N[C@H]1N=C(c2ccccc2)c2cccc(F)c2N(COC(=O)Cc2ccc(OP(O)O)cc2)C1=O.NC=O. The van der Waals surface area contributed by atoms with Gasteiger partial charge in [-0.15, -0.1) is 12.8 Å². The van der Waals surface area contributed by atoms with E-state index >= 15 is 4.39 Å². The first kappa shape index (κ1) is 45.8. The van der Waals surface area contributed by atoms with E-state index in [4.69, 9.17) is 23.8 Å². The molecule has 1 heterocycles. The number of aliphatic imine (C=N–C) groups is 1. The maximum atomic E-state index is 15.5. The monoisotopic (exact) mass is 790 g/mol. The highest BCUT2D eigenvalue weighted by atomic mass is 31.2. The first-order valence-electron chi connectivity index (χ1n) is 16.9. The largest absolute Gasteiger partial charge is 0.444 e. The Hall–Kier alpha value is -5.36. The van der Waals surface area contributed by atoms with Crippen molar-refractivity contribution in [2.75, 3.05) is 11.6 Å². The molecule has 1 fully saturated rings. The molecule has 0 bridgehead atoms. The van der Waals surface area contributed by atoms with Crippen LogP contribution >= 0.6 is 8.60 Å². The number of benzene rings is 3. The Bertz CT molecular complexity index is 1750. The van der Waals surface area contributed by atoms with Gasteiger partial charge in [0, 0.05) is 23.5 Å². The zero-order valence-electron chi connectivity index (χ0n) is 30.1. The first-order valence-corrected chi connectivity index (χ1v) is 18.0. The Morgan fingerprint density at radius 1 is 1.07 bits per heavy atom. The summed E-state index contributed by atoms with van der Waals surface area (Å²) in [5.74, 6) is -3.32. The lowest BCUT2D eigenvalue weighted by molar-refractivity contribution is -0.145. The molecule has 3 aromatic rings. The van der Waals surface area contributed by atoms with Gasteiger partial charge in [-0.1, -0.05) is 81.3 Å². The smallest absolute Gasteiger partial charge is 0.391 e. The molecule has 1 aliphatic heterocycles. The highest BCUT2D eigenvalue weighted by Gasteiger charge is 2.37. The number of fused-ring (bicyclic) bond motifs is 1. The van der Waals surface area contributed by atoms with E-state index in [1.165, 1.54) is 49.2 Å². The molecular weight excluding hydrogens is 747 g/mol. The average molecular weight is 791 g/mol. The van der Waals surface area contributed by atoms with Crippen LogP contribution in [0, 0.1) is 30.5 Å². The van der Waals surface area contributed by atoms with Crippen LogP contribution in [0.3, 0.4) is 0 Å². The highest BCUT2D eigenvalue weighted by molar-refractivity contribution is 7.39. The molecule has 2 aliphatic rings. The molecule has 0 aromatic heterocycles. The van der Waals surface area contributed by atoms with E-state index < -0.39 is 70.0 Å². The summed E-state index contributed by atoms with van der Waals surface area (Å²) in [4.78, 5) is 71.7. The van der Waals surface area contributed by atoms with Crippen LogP contribution < -0.4 is 20.5 Å². The maximum Gasteiger partial charge on any atom is 0.391 e. The summed E-state index contributed by atoms with van der Waals surface area (Å²) in [6.07, 6.45) is 3.12.